The maximum atomic E-state index is 11.8. The minimum atomic E-state index is -0.956. The van der Waals surface area contributed by atoms with Crippen LogP contribution in [-0.2, 0) is 17.6 Å². The Bertz CT molecular complexity index is 510. The van der Waals surface area contributed by atoms with E-state index in [1.54, 1.807) is 0 Å². The Morgan fingerprint density at radius 1 is 0.900 bits per heavy atom. The molecule has 0 radical (unpaired) electrons. The third-order valence-corrected chi connectivity index (χ3v) is 3.62. The van der Waals surface area contributed by atoms with Gasteiger partial charge in [-0.3, -0.25) is 4.79 Å². The van der Waals surface area contributed by atoms with Crippen molar-refractivity contribution >= 4 is 5.97 Å². The van der Waals surface area contributed by atoms with Crippen molar-refractivity contribution in [3.8, 4) is 0 Å². The van der Waals surface area contributed by atoms with Gasteiger partial charge in [0.15, 0.2) is 0 Å². The Morgan fingerprint density at radius 2 is 1.30 bits per heavy atom. The van der Waals surface area contributed by atoms with Crippen LogP contribution in [0.1, 0.15) is 11.1 Å². The van der Waals surface area contributed by atoms with Crippen LogP contribution in [0.4, 0.5) is 0 Å². The average Bonchev–Trinajstić information content (AvgIpc) is 2.48. The van der Waals surface area contributed by atoms with E-state index in [0.717, 1.165) is 11.1 Å². The predicted octanol–water partition coefficient (Wildman–Crippen LogP) is 2.50. The van der Waals surface area contributed by atoms with E-state index in [0.29, 0.717) is 12.8 Å². The number of aliphatic carboxylic acids is 1. The Labute approximate surface area is 119 Å². The lowest BCUT2D eigenvalue weighted by Crippen LogP contribution is -2.42. The first-order chi connectivity index (χ1) is 9.66. The molecule has 3 N–H and O–H groups in total. The third kappa shape index (κ3) is 3.25. The molecule has 0 bridgehead atoms. The quantitative estimate of drug-likeness (QED) is 0.847. The summed E-state index contributed by atoms with van der Waals surface area (Å²) in [7, 11) is 0. The first-order valence-corrected chi connectivity index (χ1v) is 6.68. The lowest BCUT2D eigenvalue weighted by Gasteiger charge is -2.28. The van der Waals surface area contributed by atoms with E-state index in [1.165, 1.54) is 0 Å². The Kier molecular flexibility index (Phi) is 4.53. The highest BCUT2D eigenvalue weighted by Crippen LogP contribution is 2.27. The number of carbonyl (C=O) groups is 1. The largest absolute Gasteiger partial charge is 0.481 e. The molecule has 3 nitrogen and oxygen atoms in total. The molecule has 0 spiro atoms. The van der Waals surface area contributed by atoms with Crippen LogP contribution in [0.5, 0.6) is 0 Å². The van der Waals surface area contributed by atoms with Gasteiger partial charge in [0.25, 0.3) is 0 Å². The average molecular weight is 269 g/mol. The fraction of sp³-hybridized carbons (Fsp3) is 0.235. The van der Waals surface area contributed by atoms with Gasteiger partial charge in [-0.15, -0.1) is 0 Å². The molecule has 3 heteroatoms. The molecule has 2 aromatic carbocycles. The van der Waals surface area contributed by atoms with Gasteiger partial charge in [0.2, 0.25) is 0 Å². The predicted molar refractivity (Wildman–Crippen MR) is 79.4 cm³/mol. The molecule has 0 unspecified atom stereocenters. The van der Waals surface area contributed by atoms with Gasteiger partial charge >= 0.3 is 5.97 Å². The number of benzene rings is 2. The molecule has 2 aromatic rings. The van der Waals surface area contributed by atoms with Crippen LogP contribution in [0.25, 0.3) is 0 Å². The molecule has 0 saturated carbocycles. The third-order valence-electron chi connectivity index (χ3n) is 3.62. The zero-order chi connectivity index (χ0) is 14.4. The first kappa shape index (κ1) is 14.3. The number of carboxylic acids is 1. The van der Waals surface area contributed by atoms with Crippen LogP contribution in [0.3, 0.4) is 0 Å². The van der Waals surface area contributed by atoms with Crippen LogP contribution in [0.2, 0.25) is 0 Å². The van der Waals surface area contributed by atoms with Crippen molar-refractivity contribution in [2.24, 2.45) is 11.1 Å². The van der Waals surface area contributed by atoms with Crippen LogP contribution in [-0.4, -0.2) is 17.6 Å². The van der Waals surface area contributed by atoms with E-state index in [-0.39, 0.29) is 6.54 Å². The van der Waals surface area contributed by atoms with E-state index < -0.39 is 11.4 Å². The number of carboxylic acid groups (broad SMARTS) is 1. The van der Waals surface area contributed by atoms with Crippen molar-refractivity contribution in [3.63, 3.8) is 0 Å². The van der Waals surface area contributed by atoms with E-state index in [2.05, 4.69) is 0 Å². The maximum absolute atomic E-state index is 11.8. The van der Waals surface area contributed by atoms with Crippen LogP contribution >= 0.6 is 0 Å². The monoisotopic (exact) mass is 269 g/mol. The van der Waals surface area contributed by atoms with Gasteiger partial charge < -0.3 is 10.8 Å². The maximum Gasteiger partial charge on any atom is 0.311 e. The zero-order valence-electron chi connectivity index (χ0n) is 11.3. The van der Waals surface area contributed by atoms with Gasteiger partial charge in [0.1, 0.15) is 0 Å². The van der Waals surface area contributed by atoms with Crippen LogP contribution < -0.4 is 5.73 Å². The van der Waals surface area contributed by atoms with Gasteiger partial charge in [-0.1, -0.05) is 60.7 Å². The molecule has 0 amide bonds. The molecule has 0 aliphatic heterocycles. The summed E-state index contributed by atoms with van der Waals surface area (Å²) in [5, 5.41) is 9.67. The highest BCUT2D eigenvalue weighted by molar-refractivity contribution is 5.76. The zero-order valence-corrected chi connectivity index (χ0v) is 11.3. The van der Waals surface area contributed by atoms with Gasteiger partial charge in [0, 0.05) is 6.54 Å². The van der Waals surface area contributed by atoms with Gasteiger partial charge in [0.05, 0.1) is 5.41 Å². The van der Waals surface area contributed by atoms with Gasteiger partial charge in [-0.05, 0) is 24.0 Å². The van der Waals surface area contributed by atoms with Crippen molar-refractivity contribution in [2.75, 3.05) is 6.54 Å². The van der Waals surface area contributed by atoms with Crippen LogP contribution in [0.15, 0.2) is 60.7 Å². The smallest absolute Gasteiger partial charge is 0.311 e. The standard InChI is InChI=1S/C17H19NO2/c18-13-17(16(19)20,11-14-7-3-1-4-8-14)12-15-9-5-2-6-10-15/h1-10H,11-13,18H2,(H,19,20). The summed E-state index contributed by atoms with van der Waals surface area (Å²) < 4.78 is 0. The molecule has 2 rings (SSSR count). The van der Waals surface area contributed by atoms with E-state index in [1.807, 2.05) is 60.7 Å². The van der Waals surface area contributed by atoms with Gasteiger partial charge in [-0.25, -0.2) is 0 Å². The molecule has 0 aliphatic carbocycles. The summed E-state index contributed by atoms with van der Waals surface area (Å²) >= 11 is 0. The molecule has 0 aromatic heterocycles. The second-order valence-corrected chi connectivity index (χ2v) is 5.11. The van der Waals surface area contributed by atoms with Gasteiger partial charge in [-0.2, -0.15) is 0 Å². The second-order valence-electron chi connectivity index (χ2n) is 5.11. The SMILES string of the molecule is NCC(Cc1ccccc1)(Cc1ccccc1)C(=O)O. The summed E-state index contributed by atoms with van der Waals surface area (Å²) in [6, 6.07) is 19.3. The minimum Gasteiger partial charge on any atom is -0.481 e. The Morgan fingerprint density at radius 3 is 1.60 bits per heavy atom. The van der Waals surface area contributed by atoms with Crippen molar-refractivity contribution in [3.05, 3.63) is 71.8 Å². The Hall–Kier alpha value is -2.13. The topological polar surface area (TPSA) is 63.3 Å². The fourth-order valence-electron chi connectivity index (χ4n) is 2.42. The number of nitrogens with two attached hydrogens (primary N) is 1. The molecule has 0 atom stereocenters. The highest BCUT2D eigenvalue weighted by Gasteiger charge is 2.37. The summed E-state index contributed by atoms with van der Waals surface area (Å²) in [5.74, 6) is -0.840. The second kappa shape index (κ2) is 6.35. The number of rotatable bonds is 6. The number of hydrogen-bond donors (Lipinski definition) is 2. The van der Waals surface area contributed by atoms with Crippen molar-refractivity contribution in [1.29, 1.82) is 0 Å². The molecule has 0 aliphatic rings. The lowest BCUT2D eigenvalue weighted by atomic mass is 9.76. The van der Waals surface area contributed by atoms with Crippen molar-refractivity contribution < 1.29 is 9.90 Å². The van der Waals surface area contributed by atoms with E-state index >= 15 is 0 Å². The van der Waals surface area contributed by atoms with Crippen molar-refractivity contribution in [1.82, 2.24) is 0 Å². The Balaban J connectivity index is 2.28. The summed E-state index contributed by atoms with van der Waals surface area (Å²) in [4.78, 5) is 11.8. The first-order valence-electron chi connectivity index (χ1n) is 6.68. The lowest BCUT2D eigenvalue weighted by molar-refractivity contribution is -0.148. The fourth-order valence-corrected chi connectivity index (χ4v) is 2.42. The summed E-state index contributed by atoms with van der Waals surface area (Å²) in [6.07, 6.45) is 0.878. The van der Waals surface area contributed by atoms with Crippen LogP contribution in [0, 0.1) is 5.41 Å². The normalized spacial score (nSPS) is 11.2. The molecular weight excluding hydrogens is 250 g/mol. The molecule has 0 fully saturated rings. The molecule has 20 heavy (non-hydrogen) atoms. The minimum absolute atomic E-state index is 0.117. The highest BCUT2D eigenvalue weighted by atomic mass is 16.4. The van der Waals surface area contributed by atoms with Crippen molar-refractivity contribution in [2.45, 2.75) is 12.8 Å². The molecular formula is C17H19NO2. The summed E-state index contributed by atoms with van der Waals surface area (Å²) in [5.41, 5.74) is 6.86. The van der Waals surface area contributed by atoms with E-state index in [9.17, 15) is 9.90 Å². The summed E-state index contributed by atoms with van der Waals surface area (Å²) in [6.45, 7) is 0.117. The van der Waals surface area contributed by atoms with E-state index in [4.69, 9.17) is 5.73 Å². The molecule has 0 saturated heterocycles. The number of hydrogen-bond acceptors (Lipinski definition) is 2. The molecule has 0 heterocycles. The molecule has 104 valence electrons.